The van der Waals surface area contributed by atoms with Crippen molar-refractivity contribution in [2.75, 3.05) is 7.11 Å². The molecule has 2 atom stereocenters. The van der Waals surface area contributed by atoms with E-state index in [-0.39, 0.29) is 11.5 Å². The van der Waals surface area contributed by atoms with Crippen LogP contribution in [0.25, 0.3) is 0 Å². The summed E-state index contributed by atoms with van der Waals surface area (Å²) in [6.45, 7) is 0. The molecule has 0 saturated carbocycles. The van der Waals surface area contributed by atoms with Gasteiger partial charge in [0, 0.05) is 6.08 Å². The normalized spacial score (nSPS) is 13.2. The average molecular weight is 345 g/mol. The van der Waals surface area contributed by atoms with Crippen molar-refractivity contribution in [1.82, 2.24) is 5.48 Å². The lowest BCUT2D eigenvalue weighted by atomic mass is 10.0. The lowest BCUT2D eigenvalue weighted by molar-refractivity contribution is -0.124. The lowest BCUT2D eigenvalue weighted by Crippen LogP contribution is -2.24. The number of hydroxylamine groups is 1. The van der Waals surface area contributed by atoms with Gasteiger partial charge in [-0.15, -0.1) is 0 Å². The number of aliphatic hydroxyl groups is 1. The molecule has 2 rings (SSSR count). The average Bonchev–Trinajstić information content (AvgIpc) is 2.64. The van der Waals surface area contributed by atoms with Crippen LogP contribution in [0, 0.1) is 0 Å². The zero-order chi connectivity index (χ0) is 18.2. The van der Waals surface area contributed by atoms with E-state index < -0.39 is 18.1 Å². The number of aromatic hydroxyl groups is 1. The molecule has 25 heavy (non-hydrogen) atoms. The SMILES string of the molecule is COc1ccc([C@H](O)[C@H](/C=C/C(=O)NO)Oc2ccccc2)cc1O. The lowest BCUT2D eigenvalue weighted by Gasteiger charge is -2.22. The molecule has 7 nitrogen and oxygen atoms in total. The van der Waals surface area contributed by atoms with Crippen molar-refractivity contribution in [3.63, 3.8) is 0 Å². The number of carbonyl (C=O) groups is 1. The van der Waals surface area contributed by atoms with Crippen LogP contribution in [0.4, 0.5) is 0 Å². The first-order chi connectivity index (χ1) is 12.0. The first-order valence-corrected chi connectivity index (χ1v) is 7.44. The molecule has 4 N–H and O–H groups in total. The molecule has 0 fully saturated rings. The second-order valence-electron chi connectivity index (χ2n) is 5.11. The fourth-order valence-corrected chi connectivity index (χ4v) is 2.17. The van der Waals surface area contributed by atoms with Gasteiger partial charge in [0.25, 0.3) is 5.91 Å². The van der Waals surface area contributed by atoms with Crippen molar-refractivity contribution >= 4 is 5.91 Å². The Labute approximate surface area is 144 Å². The van der Waals surface area contributed by atoms with E-state index in [2.05, 4.69) is 0 Å². The van der Waals surface area contributed by atoms with Crippen LogP contribution < -0.4 is 15.0 Å². The van der Waals surface area contributed by atoms with Gasteiger partial charge in [0.15, 0.2) is 11.5 Å². The van der Waals surface area contributed by atoms with Gasteiger partial charge in [0.1, 0.15) is 18.0 Å². The minimum absolute atomic E-state index is 0.130. The zero-order valence-corrected chi connectivity index (χ0v) is 13.5. The molecule has 0 radical (unpaired) electrons. The molecule has 0 unspecified atom stereocenters. The monoisotopic (exact) mass is 345 g/mol. The molecule has 0 aliphatic carbocycles. The molecule has 2 aromatic rings. The van der Waals surface area contributed by atoms with E-state index in [1.165, 1.54) is 30.8 Å². The summed E-state index contributed by atoms with van der Waals surface area (Å²) in [6, 6.07) is 13.2. The van der Waals surface area contributed by atoms with Crippen LogP contribution in [0.15, 0.2) is 60.7 Å². The highest BCUT2D eigenvalue weighted by atomic mass is 16.5. The molecule has 0 saturated heterocycles. The van der Waals surface area contributed by atoms with Gasteiger partial charge in [-0.05, 0) is 35.9 Å². The summed E-state index contributed by atoms with van der Waals surface area (Å²) in [5, 5.41) is 29.1. The van der Waals surface area contributed by atoms with E-state index in [1.807, 2.05) is 6.07 Å². The quantitative estimate of drug-likeness (QED) is 0.347. The number of nitrogens with one attached hydrogen (secondary N) is 1. The molecular weight excluding hydrogens is 326 g/mol. The molecule has 0 spiro atoms. The second kappa shape index (κ2) is 8.72. The van der Waals surface area contributed by atoms with Crippen molar-refractivity contribution in [2.24, 2.45) is 0 Å². The number of methoxy groups -OCH3 is 1. The Bertz CT molecular complexity index is 732. The fraction of sp³-hybridized carbons (Fsp3) is 0.167. The molecule has 7 heteroatoms. The summed E-state index contributed by atoms with van der Waals surface area (Å²) in [4.78, 5) is 11.2. The number of rotatable bonds is 7. The van der Waals surface area contributed by atoms with Crippen molar-refractivity contribution in [2.45, 2.75) is 12.2 Å². The molecule has 2 aromatic carbocycles. The van der Waals surface area contributed by atoms with Gasteiger partial charge in [0.2, 0.25) is 0 Å². The zero-order valence-electron chi connectivity index (χ0n) is 13.5. The molecule has 0 aliphatic rings. The number of phenolic OH excluding ortho intramolecular Hbond substituents is 1. The van der Waals surface area contributed by atoms with E-state index in [1.54, 1.807) is 30.3 Å². The van der Waals surface area contributed by atoms with Gasteiger partial charge in [0.05, 0.1) is 7.11 Å². The molecule has 0 aromatic heterocycles. The van der Waals surface area contributed by atoms with Gasteiger partial charge >= 0.3 is 0 Å². The Kier molecular flexibility index (Phi) is 6.39. The van der Waals surface area contributed by atoms with Crippen LogP contribution >= 0.6 is 0 Å². The smallest absolute Gasteiger partial charge is 0.267 e. The highest BCUT2D eigenvalue weighted by molar-refractivity contribution is 5.86. The number of hydrogen-bond acceptors (Lipinski definition) is 6. The third-order valence-electron chi connectivity index (χ3n) is 3.42. The molecule has 0 aliphatic heterocycles. The molecule has 0 heterocycles. The molecule has 132 valence electrons. The number of hydrogen-bond donors (Lipinski definition) is 4. The highest BCUT2D eigenvalue weighted by Gasteiger charge is 2.22. The number of phenols is 1. The van der Waals surface area contributed by atoms with E-state index >= 15 is 0 Å². The Morgan fingerprint density at radius 1 is 1.20 bits per heavy atom. The Hall–Kier alpha value is -3.03. The van der Waals surface area contributed by atoms with Gasteiger partial charge in [-0.3, -0.25) is 10.0 Å². The molecular formula is C18H19NO6. The van der Waals surface area contributed by atoms with Crippen LogP contribution in [0.1, 0.15) is 11.7 Å². The van der Waals surface area contributed by atoms with E-state index in [0.717, 1.165) is 6.08 Å². The third-order valence-corrected chi connectivity index (χ3v) is 3.42. The van der Waals surface area contributed by atoms with Crippen LogP contribution in [0.2, 0.25) is 0 Å². The predicted octanol–water partition coefficient (Wildman–Crippen LogP) is 1.94. The number of ether oxygens (including phenoxy) is 2. The first-order valence-electron chi connectivity index (χ1n) is 7.44. The van der Waals surface area contributed by atoms with Crippen LogP contribution in [0.3, 0.4) is 0 Å². The van der Waals surface area contributed by atoms with E-state index in [4.69, 9.17) is 14.7 Å². The first kappa shape index (κ1) is 18.3. The van der Waals surface area contributed by atoms with Crippen molar-refractivity contribution < 1.29 is 29.7 Å². The van der Waals surface area contributed by atoms with Crippen molar-refractivity contribution in [1.29, 1.82) is 0 Å². The van der Waals surface area contributed by atoms with Gasteiger partial charge < -0.3 is 19.7 Å². The van der Waals surface area contributed by atoms with Crippen molar-refractivity contribution in [3.8, 4) is 17.2 Å². The fourth-order valence-electron chi connectivity index (χ4n) is 2.17. The summed E-state index contributed by atoms with van der Waals surface area (Å²) >= 11 is 0. The summed E-state index contributed by atoms with van der Waals surface area (Å²) < 4.78 is 10.7. The Balaban J connectivity index is 2.27. The largest absolute Gasteiger partial charge is 0.504 e. The van der Waals surface area contributed by atoms with Crippen molar-refractivity contribution in [3.05, 3.63) is 66.2 Å². The van der Waals surface area contributed by atoms with E-state index in [0.29, 0.717) is 11.3 Å². The maximum Gasteiger partial charge on any atom is 0.267 e. The number of benzene rings is 2. The van der Waals surface area contributed by atoms with Crippen LogP contribution in [-0.2, 0) is 4.79 Å². The maximum absolute atomic E-state index is 11.2. The number of aliphatic hydroxyl groups excluding tert-OH is 1. The number of carbonyl (C=O) groups excluding carboxylic acids is 1. The Morgan fingerprint density at radius 2 is 1.92 bits per heavy atom. The molecule has 1 amide bonds. The van der Waals surface area contributed by atoms with Gasteiger partial charge in [-0.1, -0.05) is 24.3 Å². The second-order valence-corrected chi connectivity index (χ2v) is 5.11. The maximum atomic E-state index is 11.2. The minimum atomic E-state index is -1.18. The van der Waals surface area contributed by atoms with Gasteiger partial charge in [-0.2, -0.15) is 0 Å². The standard InChI is InChI=1S/C18H19NO6/c1-24-15-8-7-12(11-14(15)20)18(22)16(9-10-17(21)19-23)25-13-5-3-2-4-6-13/h2-11,16,18,20,22-23H,1H3,(H,19,21)/b10-9+/t16-,18-/m0/s1. The van der Waals surface area contributed by atoms with Gasteiger partial charge in [-0.25, -0.2) is 5.48 Å². The minimum Gasteiger partial charge on any atom is -0.504 e. The molecule has 0 bridgehead atoms. The highest BCUT2D eigenvalue weighted by Crippen LogP contribution is 2.31. The summed E-state index contributed by atoms with van der Waals surface area (Å²) in [7, 11) is 1.42. The van der Waals surface area contributed by atoms with Crippen LogP contribution in [0.5, 0.6) is 17.2 Å². The topological polar surface area (TPSA) is 108 Å². The Morgan fingerprint density at radius 3 is 2.52 bits per heavy atom. The third kappa shape index (κ3) is 4.97. The van der Waals surface area contributed by atoms with Crippen LogP contribution in [-0.4, -0.2) is 34.5 Å². The summed E-state index contributed by atoms with van der Waals surface area (Å²) in [6.07, 6.45) is 0.234. The number of amides is 1. The summed E-state index contributed by atoms with van der Waals surface area (Å²) in [5.41, 5.74) is 1.84. The number of para-hydroxylation sites is 1. The summed E-state index contributed by atoms with van der Waals surface area (Å²) in [5.74, 6) is -0.133. The predicted molar refractivity (Wildman–Crippen MR) is 89.5 cm³/mol. The van der Waals surface area contributed by atoms with E-state index in [9.17, 15) is 15.0 Å².